The molecule has 3 aliphatic rings. The van der Waals surface area contributed by atoms with Gasteiger partial charge in [-0.3, -0.25) is 9.59 Å². The summed E-state index contributed by atoms with van der Waals surface area (Å²) in [5.74, 6) is -1.69. The minimum Gasteiger partial charge on any atom is -0.467 e. The molecule has 134 valence electrons. The first-order valence-corrected chi connectivity index (χ1v) is 8.67. The number of para-hydroxylation sites is 1. The second-order valence-corrected chi connectivity index (χ2v) is 6.89. The zero-order valence-electron chi connectivity index (χ0n) is 13.9. The topological polar surface area (TPSA) is 102 Å². The van der Waals surface area contributed by atoms with Crippen LogP contribution in [0.1, 0.15) is 24.3 Å². The highest BCUT2D eigenvalue weighted by atomic mass is 16.5. The third-order valence-electron chi connectivity index (χ3n) is 5.67. The fourth-order valence-electron chi connectivity index (χ4n) is 4.65. The molecule has 2 bridgehead atoms. The fraction of sp³-hybridized carbons (Fsp3) is 0.556. The second kappa shape index (κ2) is 6.00. The summed E-state index contributed by atoms with van der Waals surface area (Å²) in [7, 11) is 0. The van der Waals surface area contributed by atoms with E-state index < -0.39 is 17.6 Å². The molecule has 3 aliphatic heterocycles. The molecule has 2 saturated heterocycles. The molecule has 0 spiro atoms. The summed E-state index contributed by atoms with van der Waals surface area (Å²) in [5.41, 5.74) is 5.65. The van der Waals surface area contributed by atoms with Crippen molar-refractivity contribution in [2.75, 3.05) is 26.4 Å². The van der Waals surface area contributed by atoms with Gasteiger partial charge in [0.2, 0.25) is 11.8 Å². The number of fused-ring (bicyclic) bond motifs is 2. The third kappa shape index (κ3) is 2.26. The molecule has 4 unspecified atom stereocenters. The molecular formula is C18H22N2O5. The Kier molecular flexibility index (Phi) is 3.92. The number of ether oxygens (including phenoxy) is 2. The van der Waals surface area contributed by atoms with E-state index in [4.69, 9.17) is 15.2 Å². The number of nitrogens with two attached hydrogens (primary N) is 1. The van der Waals surface area contributed by atoms with Gasteiger partial charge in [0.05, 0.1) is 19.1 Å². The lowest BCUT2D eigenvalue weighted by Gasteiger charge is -2.60. The molecule has 0 aliphatic carbocycles. The van der Waals surface area contributed by atoms with Gasteiger partial charge in [-0.1, -0.05) is 18.2 Å². The lowest BCUT2D eigenvalue weighted by molar-refractivity contribution is -0.227. The Balaban J connectivity index is 1.89. The monoisotopic (exact) mass is 346 g/mol. The van der Waals surface area contributed by atoms with Gasteiger partial charge in [-0.05, 0) is 18.1 Å². The number of nitrogens with zero attached hydrogens (tertiary/aromatic N) is 1. The molecule has 0 radical (unpaired) electrons. The number of rotatable bonds is 4. The summed E-state index contributed by atoms with van der Waals surface area (Å²) in [4.78, 5) is 27.0. The SMILES string of the molecule is NC(=O)C1C(=O)N(CCCO)C23CCOCC2C1c1ccccc1O3. The van der Waals surface area contributed by atoms with Crippen LogP contribution in [0.5, 0.6) is 5.75 Å². The average Bonchev–Trinajstić information content (AvgIpc) is 2.60. The van der Waals surface area contributed by atoms with Gasteiger partial charge in [0, 0.05) is 25.5 Å². The minimum absolute atomic E-state index is 0.0394. The van der Waals surface area contributed by atoms with Gasteiger partial charge in [-0.25, -0.2) is 0 Å². The lowest BCUT2D eigenvalue weighted by atomic mass is 9.64. The van der Waals surface area contributed by atoms with Crippen LogP contribution in [-0.4, -0.2) is 53.9 Å². The first kappa shape index (κ1) is 16.4. The number of amides is 2. The molecule has 3 N–H and O–H groups in total. The molecule has 4 rings (SSSR count). The quantitative estimate of drug-likeness (QED) is 0.760. The number of piperidine rings is 1. The van der Waals surface area contributed by atoms with E-state index in [1.165, 1.54) is 0 Å². The molecule has 2 amide bonds. The zero-order chi connectivity index (χ0) is 17.6. The average molecular weight is 346 g/mol. The standard InChI is InChI=1S/C18H22N2O5/c19-16(22)15-14-11-4-1-2-5-13(11)25-18(6-9-24-10-12(14)18)20(17(15)23)7-3-8-21/h1-2,4-5,12,14-15,21H,3,6-10H2,(H2,19,22). The van der Waals surface area contributed by atoms with E-state index in [0.717, 1.165) is 5.56 Å². The summed E-state index contributed by atoms with van der Waals surface area (Å²) >= 11 is 0. The fourth-order valence-corrected chi connectivity index (χ4v) is 4.65. The highest BCUT2D eigenvalue weighted by molar-refractivity contribution is 6.02. The van der Waals surface area contributed by atoms with Crippen molar-refractivity contribution in [3.8, 4) is 5.75 Å². The molecule has 1 aromatic rings. The summed E-state index contributed by atoms with van der Waals surface area (Å²) < 4.78 is 12.1. The largest absolute Gasteiger partial charge is 0.467 e. The summed E-state index contributed by atoms with van der Waals surface area (Å²) in [5, 5.41) is 9.24. The molecule has 4 atom stereocenters. The van der Waals surface area contributed by atoms with Gasteiger partial charge in [-0.2, -0.15) is 0 Å². The van der Waals surface area contributed by atoms with E-state index in [2.05, 4.69) is 0 Å². The van der Waals surface area contributed by atoms with Gasteiger partial charge in [0.1, 0.15) is 11.7 Å². The number of aliphatic hydroxyl groups is 1. The van der Waals surface area contributed by atoms with Crippen molar-refractivity contribution in [3.63, 3.8) is 0 Å². The van der Waals surface area contributed by atoms with Crippen LogP contribution in [0.3, 0.4) is 0 Å². The van der Waals surface area contributed by atoms with Crippen molar-refractivity contribution in [2.24, 2.45) is 17.6 Å². The smallest absolute Gasteiger partial charge is 0.238 e. The highest BCUT2D eigenvalue weighted by Gasteiger charge is 2.64. The van der Waals surface area contributed by atoms with E-state index in [9.17, 15) is 14.7 Å². The van der Waals surface area contributed by atoms with Crippen molar-refractivity contribution in [2.45, 2.75) is 24.5 Å². The normalized spacial score (nSPS) is 33.2. The first-order valence-electron chi connectivity index (χ1n) is 8.67. The number of likely N-dealkylation sites (tertiary alicyclic amines) is 1. The number of carbonyl (C=O) groups is 2. The maximum absolute atomic E-state index is 13.2. The van der Waals surface area contributed by atoms with Gasteiger partial charge < -0.3 is 25.2 Å². The van der Waals surface area contributed by atoms with Crippen LogP contribution in [0, 0.1) is 11.8 Å². The highest BCUT2D eigenvalue weighted by Crippen LogP contribution is 2.56. The van der Waals surface area contributed by atoms with E-state index in [1.807, 2.05) is 24.3 Å². The Bertz CT molecular complexity index is 708. The first-order chi connectivity index (χ1) is 12.1. The molecule has 7 nitrogen and oxygen atoms in total. The van der Waals surface area contributed by atoms with Crippen LogP contribution in [0.4, 0.5) is 0 Å². The van der Waals surface area contributed by atoms with Crippen LogP contribution in [0.2, 0.25) is 0 Å². The number of aliphatic hydroxyl groups excluding tert-OH is 1. The number of carbonyl (C=O) groups excluding carboxylic acids is 2. The van der Waals surface area contributed by atoms with Crippen LogP contribution in [-0.2, 0) is 14.3 Å². The molecule has 2 fully saturated rings. The number of benzene rings is 1. The minimum atomic E-state index is -0.941. The molecule has 1 aromatic carbocycles. The van der Waals surface area contributed by atoms with E-state index >= 15 is 0 Å². The Morgan fingerprint density at radius 3 is 2.96 bits per heavy atom. The number of hydrogen-bond donors (Lipinski definition) is 2. The Morgan fingerprint density at radius 2 is 2.20 bits per heavy atom. The number of primary amides is 1. The predicted octanol–water partition coefficient (Wildman–Crippen LogP) is 0.222. The maximum atomic E-state index is 13.2. The van der Waals surface area contributed by atoms with Crippen molar-refractivity contribution in [1.82, 2.24) is 4.90 Å². The van der Waals surface area contributed by atoms with Gasteiger partial charge >= 0.3 is 0 Å². The van der Waals surface area contributed by atoms with Crippen LogP contribution in [0.25, 0.3) is 0 Å². The Morgan fingerprint density at radius 1 is 1.40 bits per heavy atom. The van der Waals surface area contributed by atoms with Crippen molar-refractivity contribution >= 4 is 11.8 Å². The number of hydrogen-bond acceptors (Lipinski definition) is 5. The van der Waals surface area contributed by atoms with E-state index in [0.29, 0.717) is 38.3 Å². The van der Waals surface area contributed by atoms with E-state index in [-0.39, 0.29) is 24.3 Å². The third-order valence-corrected chi connectivity index (χ3v) is 5.67. The summed E-state index contributed by atoms with van der Waals surface area (Å²) in [6.45, 7) is 1.17. The van der Waals surface area contributed by atoms with Crippen molar-refractivity contribution in [1.29, 1.82) is 0 Å². The molecule has 25 heavy (non-hydrogen) atoms. The van der Waals surface area contributed by atoms with Crippen LogP contribution in [0.15, 0.2) is 24.3 Å². The zero-order valence-corrected chi connectivity index (χ0v) is 13.9. The molecule has 3 heterocycles. The van der Waals surface area contributed by atoms with Crippen LogP contribution < -0.4 is 10.5 Å². The molecular weight excluding hydrogens is 324 g/mol. The molecule has 0 saturated carbocycles. The van der Waals surface area contributed by atoms with Crippen molar-refractivity contribution in [3.05, 3.63) is 29.8 Å². The maximum Gasteiger partial charge on any atom is 0.238 e. The van der Waals surface area contributed by atoms with Gasteiger partial charge in [0.25, 0.3) is 0 Å². The lowest BCUT2D eigenvalue weighted by Crippen LogP contribution is -2.72. The molecule has 0 aromatic heterocycles. The second-order valence-electron chi connectivity index (χ2n) is 6.89. The van der Waals surface area contributed by atoms with Gasteiger partial charge in [0.15, 0.2) is 5.72 Å². The van der Waals surface area contributed by atoms with E-state index in [1.54, 1.807) is 4.90 Å². The summed E-state index contributed by atoms with van der Waals surface area (Å²) in [6.07, 6.45) is 0.952. The Labute approximate surface area is 145 Å². The van der Waals surface area contributed by atoms with Gasteiger partial charge in [-0.15, -0.1) is 0 Å². The Hall–Kier alpha value is -2.12. The van der Waals surface area contributed by atoms with Crippen LogP contribution >= 0.6 is 0 Å². The van der Waals surface area contributed by atoms with Crippen molar-refractivity contribution < 1.29 is 24.2 Å². The molecule has 7 heteroatoms. The predicted molar refractivity (Wildman–Crippen MR) is 87.6 cm³/mol. The summed E-state index contributed by atoms with van der Waals surface area (Å²) in [6, 6.07) is 7.52.